The molecular weight excluding hydrogens is 264 g/mol. The Labute approximate surface area is 106 Å². The monoisotopic (exact) mass is 280 g/mol. The van der Waals surface area contributed by atoms with Gasteiger partial charge in [0.05, 0.1) is 11.3 Å². The second-order valence-corrected chi connectivity index (χ2v) is 5.03. The Balaban J connectivity index is 3.10. The Bertz CT molecular complexity index is 393. The second kappa shape index (κ2) is 5.91. The highest BCUT2D eigenvalue weighted by Gasteiger charge is 2.12. The standard InChI is InChI=1S/C13H17BrN2/c1-4-16(9-10(2)3)13-7-5-6-12(14)11(13)8-15/h5-7,10H,4,9H2,1-3H3. The van der Waals surface area contributed by atoms with Crippen molar-refractivity contribution < 1.29 is 0 Å². The molecule has 0 amide bonds. The molecule has 2 nitrogen and oxygen atoms in total. The third kappa shape index (κ3) is 2.99. The van der Waals surface area contributed by atoms with Gasteiger partial charge in [0.2, 0.25) is 0 Å². The van der Waals surface area contributed by atoms with Crippen molar-refractivity contribution >= 4 is 21.6 Å². The normalized spacial score (nSPS) is 10.2. The first-order valence-electron chi connectivity index (χ1n) is 5.53. The minimum absolute atomic E-state index is 0.588. The topological polar surface area (TPSA) is 27.0 Å². The fraction of sp³-hybridized carbons (Fsp3) is 0.462. The zero-order valence-electron chi connectivity index (χ0n) is 10.00. The van der Waals surface area contributed by atoms with Gasteiger partial charge in [0.25, 0.3) is 0 Å². The lowest BCUT2D eigenvalue weighted by molar-refractivity contribution is 0.618. The molecule has 0 aliphatic heterocycles. The van der Waals surface area contributed by atoms with E-state index in [9.17, 15) is 5.26 Å². The molecular formula is C13H17BrN2. The second-order valence-electron chi connectivity index (χ2n) is 4.18. The molecule has 1 aromatic rings. The number of rotatable bonds is 4. The van der Waals surface area contributed by atoms with Gasteiger partial charge in [-0.25, -0.2) is 0 Å². The van der Waals surface area contributed by atoms with Gasteiger partial charge < -0.3 is 4.90 Å². The Morgan fingerprint density at radius 3 is 2.62 bits per heavy atom. The van der Waals surface area contributed by atoms with Crippen molar-refractivity contribution in [3.8, 4) is 6.07 Å². The summed E-state index contributed by atoms with van der Waals surface area (Å²) < 4.78 is 0.870. The summed E-state index contributed by atoms with van der Waals surface area (Å²) in [7, 11) is 0. The van der Waals surface area contributed by atoms with Crippen molar-refractivity contribution in [3.63, 3.8) is 0 Å². The van der Waals surface area contributed by atoms with E-state index in [4.69, 9.17) is 0 Å². The fourth-order valence-corrected chi connectivity index (χ4v) is 2.17. The number of nitrogens with zero attached hydrogens (tertiary/aromatic N) is 2. The van der Waals surface area contributed by atoms with E-state index in [0.29, 0.717) is 5.92 Å². The quantitative estimate of drug-likeness (QED) is 0.839. The first-order valence-corrected chi connectivity index (χ1v) is 6.33. The van der Waals surface area contributed by atoms with Crippen LogP contribution < -0.4 is 4.90 Å². The lowest BCUT2D eigenvalue weighted by atomic mass is 10.1. The molecule has 0 saturated carbocycles. The van der Waals surface area contributed by atoms with Gasteiger partial charge in [0, 0.05) is 17.6 Å². The van der Waals surface area contributed by atoms with Crippen LogP contribution in [0, 0.1) is 17.2 Å². The predicted molar refractivity (Wildman–Crippen MR) is 71.6 cm³/mol. The number of nitriles is 1. The van der Waals surface area contributed by atoms with Crippen LogP contribution in [0.1, 0.15) is 26.3 Å². The van der Waals surface area contributed by atoms with Crippen LogP contribution in [0.15, 0.2) is 22.7 Å². The lowest BCUT2D eigenvalue weighted by Crippen LogP contribution is -2.27. The van der Waals surface area contributed by atoms with Crippen molar-refractivity contribution in [1.82, 2.24) is 0 Å². The first-order chi connectivity index (χ1) is 7.60. The molecule has 86 valence electrons. The number of benzene rings is 1. The molecule has 0 aromatic heterocycles. The minimum Gasteiger partial charge on any atom is -0.370 e. The van der Waals surface area contributed by atoms with Crippen LogP contribution in [-0.4, -0.2) is 13.1 Å². The summed E-state index contributed by atoms with van der Waals surface area (Å²) in [4.78, 5) is 2.24. The zero-order valence-corrected chi connectivity index (χ0v) is 11.6. The molecule has 0 aliphatic rings. The van der Waals surface area contributed by atoms with E-state index in [-0.39, 0.29) is 0 Å². The van der Waals surface area contributed by atoms with E-state index in [2.05, 4.69) is 47.7 Å². The highest BCUT2D eigenvalue weighted by Crippen LogP contribution is 2.27. The molecule has 16 heavy (non-hydrogen) atoms. The van der Waals surface area contributed by atoms with Crippen LogP contribution in [0.4, 0.5) is 5.69 Å². The third-order valence-corrected chi connectivity index (χ3v) is 3.07. The Morgan fingerprint density at radius 1 is 1.44 bits per heavy atom. The van der Waals surface area contributed by atoms with Gasteiger partial charge in [-0.15, -0.1) is 0 Å². The van der Waals surface area contributed by atoms with E-state index >= 15 is 0 Å². The molecule has 1 rings (SSSR count). The van der Waals surface area contributed by atoms with E-state index in [0.717, 1.165) is 28.8 Å². The van der Waals surface area contributed by atoms with Crippen molar-refractivity contribution in [2.75, 3.05) is 18.0 Å². The van der Waals surface area contributed by atoms with Gasteiger partial charge in [-0.1, -0.05) is 19.9 Å². The number of anilines is 1. The smallest absolute Gasteiger partial charge is 0.103 e. The summed E-state index contributed by atoms with van der Waals surface area (Å²) in [5, 5.41) is 9.17. The summed E-state index contributed by atoms with van der Waals surface area (Å²) in [6.45, 7) is 8.38. The van der Waals surface area contributed by atoms with Gasteiger partial charge >= 0.3 is 0 Å². The van der Waals surface area contributed by atoms with Crippen LogP contribution in [0.3, 0.4) is 0 Å². The average Bonchev–Trinajstić information content (AvgIpc) is 2.25. The van der Waals surface area contributed by atoms with E-state index in [1.54, 1.807) is 0 Å². The average molecular weight is 281 g/mol. The maximum atomic E-state index is 9.17. The molecule has 0 atom stereocenters. The third-order valence-electron chi connectivity index (χ3n) is 2.41. The summed E-state index contributed by atoms with van der Waals surface area (Å²) in [6, 6.07) is 8.16. The summed E-state index contributed by atoms with van der Waals surface area (Å²) in [6.07, 6.45) is 0. The van der Waals surface area contributed by atoms with Crippen LogP contribution in [-0.2, 0) is 0 Å². The van der Waals surface area contributed by atoms with E-state index < -0.39 is 0 Å². The molecule has 0 unspecified atom stereocenters. The SMILES string of the molecule is CCN(CC(C)C)c1cccc(Br)c1C#N. The Morgan fingerprint density at radius 2 is 2.12 bits per heavy atom. The Kier molecular flexibility index (Phi) is 4.82. The molecule has 0 bridgehead atoms. The number of hydrogen-bond donors (Lipinski definition) is 0. The molecule has 0 radical (unpaired) electrons. The molecule has 1 aromatic carbocycles. The fourth-order valence-electron chi connectivity index (χ4n) is 1.73. The van der Waals surface area contributed by atoms with Crippen molar-refractivity contribution in [3.05, 3.63) is 28.2 Å². The van der Waals surface area contributed by atoms with Gasteiger partial charge in [0.15, 0.2) is 0 Å². The summed E-state index contributed by atoms with van der Waals surface area (Å²) >= 11 is 3.42. The molecule has 0 N–H and O–H groups in total. The lowest BCUT2D eigenvalue weighted by Gasteiger charge is -2.26. The Hall–Kier alpha value is -1.01. The summed E-state index contributed by atoms with van der Waals surface area (Å²) in [5.74, 6) is 0.588. The predicted octanol–water partition coefficient (Wildman–Crippen LogP) is 3.80. The van der Waals surface area contributed by atoms with Crippen LogP contribution >= 0.6 is 15.9 Å². The molecule has 0 fully saturated rings. The number of halogens is 1. The molecule has 0 aliphatic carbocycles. The minimum atomic E-state index is 0.588. The zero-order chi connectivity index (χ0) is 12.1. The largest absolute Gasteiger partial charge is 0.370 e. The molecule has 3 heteroatoms. The van der Waals surface area contributed by atoms with Crippen molar-refractivity contribution in [2.24, 2.45) is 5.92 Å². The summed E-state index contributed by atoms with van der Waals surface area (Å²) in [5.41, 5.74) is 1.75. The van der Waals surface area contributed by atoms with Gasteiger partial charge in [-0.2, -0.15) is 5.26 Å². The van der Waals surface area contributed by atoms with Gasteiger partial charge in [0.1, 0.15) is 6.07 Å². The van der Waals surface area contributed by atoms with Gasteiger partial charge in [-0.3, -0.25) is 0 Å². The van der Waals surface area contributed by atoms with E-state index in [1.165, 1.54) is 0 Å². The van der Waals surface area contributed by atoms with Crippen LogP contribution in [0.5, 0.6) is 0 Å². The van der Waals surface area contributed by atoms with Crippen LogP contribution in [0.25, 0.3) is 0 Å². The van der Waals surface area contributed by atoms with E-state index in [1.807, 2.05) is 18.2 Å². The highest BCUT2D eigenvalue weighted by molar-refractivity contribution is 9.10. The van der Waals surface area contributed by atoms with Crippen molar-refractivity contribution in [1.29, 1.82) is 5.26 Å². The molecule has 0 saturated heterocycles. The van der Waals surface area contributed by atoms with Crippen molar-refractivity contribution in [2.45, 2.75) is 20.8 Å². The van der Waals surface area contributed by atoms with Crippen LogP contribution in [0.2, 0.25) is 0 Å². The number of hydrogen-bond acceptors (Lipinski definition) is 2. The molecule has 0 heterocycles. The van der Waals surface area contributed by atoms with Gasteiger partial charge in [-0.05, 0) is 40.9 Å². The highest BCUT2D eigenvalue weighted by atomic mass is 79.9. The molecule has 0 spiro atoms. The first kappa shape index (κ1) is 13.1. The maximum Gasteiger partial charge on any atom is 0.103 e. The maximum absolute atomic E-state index is 9.17.